The number of amides is 1. The third-order valence-corrected chi connectivity index (χ3v) is 3.57. The van der Waals surface area contributed by atoms with E-state index in [1.807, 2.05) is 20.0 Å². The average Bonchev–Trinajstić information content (AvgIpc) is 2.59. The van der Waals surface area contributed by atoms with Crippen LogP contribution >= 0.6 is 24.0 Å². The topological polar surface area (TPSA) is 56.7 Å². The number of halogens is 2. The Hall–Kier alpha value is -1.64. The number of carbonyl (C=O) groups excluding carboxylic acids is 1. The van der Waals surface area contributed by atoms with E-state index in [9.17, 15) is 9.18 Å². The molecule has 7 heteroatoms. The number of hydrogen-bond donors (Lipinski definition) is 2. The number of benzene rings is 1. The summed E-state index contributed by atoms with van der Waals surface area (Å²) in [7, 11) is 2.00. The highest BCUT2D eigenvalue weighted by Gasteiger charge is 2.05. The van der Waals surface area contributed by atoms with E-state index in [0.29, 0.717) is 13.1 Å². The fourth-order valence-corrected chi connectivity index (χ4v) is 2.26. The van der Waals surface area contributed by atoms with Gasteiger partial charge in [-0.3, -0.25) is 9.79 Å². The van der Waals surface area contributed by atoms with E-state index >= 15 is 0 Å². The summed E-state index contributed by atoms with van der Waals surface area (Å²) in [6.45, 7) is 8.41. The van der Waals surface area contributed by atoms with Gasteiger partial charge in [-0.15, -0.1) is 30.6 Å². The minimum Gasteiger partial charge on any atom is -0.357 e. The van der Waals surface area contributed by atoms with Crippen LogP contribution in [0.15, 0.2) is 41.9 Å². The Balaban J connectivity index is 0.00000625. The van der Waals surface area contributed by atoms with Crippen LogP contribution in [-0.4, -0.2) is 50.0 Å². The fraction of sp³-hybridized carbons (Fsp3) is 0.474. The van der Waals surface area contributed by atoms with Gasteiger partial charge < -0.3 is 15.5 Å². The van der Waals surface area contributed by atoms with Gasteiger partial charge in [0.05, 0.1) is 13.0 Å². The highest BCUT2D eigenvalue weighted by Crippen LogP contribution is 2.03. The van der Waals surface area contributed by atoms with Gasteiger partial charge in [-0.05, 0) is 37.5 Å². The number of allylic oxidation sites excluding steroid dienone is 1. The van der Waals surface area contributed by atoms with Crippen LogP contribution in [0, 0.1) is 5.82 Å². The van der Waals surface area contributed by atoms with Gasteiger partial charge in [0.15, 0.2) is 5.96 Å². The summed E-state index contributed by atoms with van der Waals surface area (Å²) in [6.07, 6.45) is 4.15. The normalized spacial score (nSPS) is 10.7. The molecule has 1 aromatic carbocycles. The maximum Gasteiger partial charge on any atom is 0.224 e. The predicted octanol–water partition coefficient (Wildman–Crippen LogP) is 2.97. The van der Waals surface area contributed by atoms with E-state index in [1.165, 1.54) is 12.1 Å². The minimum absolute atomic E-state index is 0. The molecule has 0 unspecified atom stereocenters. The van der Waals surface area contributed by atoms with Gasteiger partial charge in [-0.2, -0.15) is 0 Å². The third kappa shape index (κ3) is 10.4. The monoisotopic (exact) mass is 476 g/mol. The minimum atomic E-state index is -0.299. The molecule has 0 fully saturated rings. The molecule has 0 radical (unpaired) electrons. The number of nitrogens with zero attached hydrogens (tertiary/aromatic N) is 2. The highest BCUT2D eigenvalue weighted by atomic mass is 127. The van der Waals surface area contributed by atoms with Crippen molar-refractivity contribution in [2.75, 3.05) is 33.2 Å². The van der Waals surface area contributed by atoms with E-state index in [4.69, 9.17) is 0 Å². The van der Waals surface area contributed by atoms with E-state index < -0.39 is 0 Å². The zero-order valence-electron chi connectivity index (χ0n) is 15.6. The molecule has 0 atom stereocenters. The van der Waals surface area contributed by atoms with Crippen molar-refractivity contribution >= 4 is 35.8 Å². The van der Waals surface area contributed by atoms with Crippen LogP contribution in [0.3, 0.4) is 0 Å². The molecule has 1 aromatic rings. The van der Waals surface area contributed by atoms with Gasteiger partial charge in [0.2, 0.25) is 5.91 Å². The van der Waals surface area contributed by atoms with Crippen LogP contribution in [0.4, 0.5) is 4.39 Å². The lowest BCUT2D eigenvalue weighted by atomic mass is 10.1. The largest absolute Gasteiger partial charge is 0.357 e. The summed E-state index contributed by atoms with van der Waals surface area (Å²) >= 11 is 0. The van der Waals surface area contributed by atoms with Crippen molar-refractivity contribution in [3.05, 3.63) is 48.3 Å². The molecule has 1 rings (SSSR count). The summed E-state index contributed by atoms with van der Waals surface area (Å²) in [5.41, 5.74) is 0.790. The molecule has 0 saturated carbocycles. The van der Waals surface area contributed by atoms with Crippen molar-refractivity contribution in [3.8, 4) is 0 Å². The Labute approximate surface area is 173 Å². The SMILES string of the molecule is C=CCCCN(C)C(=NCCNC(=O)Cc1ccc(F)cc1)NCC.I. The molecule has 0 aromatic heterocycles. The van der Waals surface area contributed by atoms with E-state index in [0.717, 1.165) is 37.5 Å². The van der Waals surface area contributed by atoms with Gasteiger partial charge in [-0.1, -0.05) is 18.2 Å². The Kier molecular flexibility index (Phi) is 13.6. The quantitative estimate of drug-likeness (QED) is 0.180. The molecule has 0 saturated heterocycles. The van der Waals surface area contributed by atoms with Crippen LogP contribution in [0.25, 0.3) is 0 Å². The second-order valence-electron chi connectivity index (χ2n) is 5.74. The molecule has 0 aliphatic heterocycles. The second kappa shape index (κ2) is 14.5. The first-order valence-electron chi connectivity index (χ1n) is 8.68. The lowest BCUT2D eigenvalue weighted by Crippen LogP contribution is -2.40. The molecular weight excluding hydrogens is 446 g/mol. The number of nitrogens with one attached hydrogen (secondary N) is 2. The van der Waals surface area contributed by atoms with Crippen molar-refractivity contribution in [1.29, 1.82) is 0 Å². The summed E-state index contributed by atoms with van der Waals surface area (Å²) in [4.78, 5) is 18.5. The van der Waals surface area contributed by atoms with Crippen molar-refractivity contribution in [1.82, 2.24) is 15.5 Å². The maximum absolute atomic E-state index is 12.8. The molecule has 0 bridgehead atoms. The first-order valence-corrected chi connectivity index (χ1v) is 8.68. The first kappa shape index (κ1) is 24.4. The number of guanidine groups is 1. The number of carbonyl (C=O) groups is 1. The molecule has 0 heterocycles. The maximum atomic E-state index is 12.8. The standard InChI is InChI=1S/C19H29FN4O.HI/c1-4-6-7-14-24(3)19(21-5-2)23-13-12-22-18(25)15-16-8-10-17(20)11-9-16;/h4,8-11H,1,5-7,12-15H2,2-3H3,(H,21,23)(H,22,25);1H. The van der Waals surface area contributed by atoms with E-state index in [2.05, 4.69) is 27.1 Å². The van der Waals surface area contributed by atoms with Crippen LogP contribution in [-0.2, 0) is 11.2 Å². The molecule has 5 nitrogen and oxygen atoms in total. The summed E-state index contributed by atoms with van der Waals surface area (Å²) < 4.78 is 12.8. The van der Waals surface area contributed by atoms with E-state index in [1.54, 1.807) is 12.1 Å². The first-order chi connectivity index (χ1) is 12.1. The molecule has 146 valence electrons. The fourth-order valence-electron chi connectivity index (χ4n) is 2.26. The summed E-state index contributed by atoms with van der Waals surface area (Å²) in [5, 5.41) is 6.08. The Morgan fingerprint density at radius 2 is 2.00 bits per heavy atom. The summed E-state index contributed by atoms with van der Waals surface area (Å²) in [5.74, 6) is 0.442. The van der Waals surface area contributed by atoms with Crippen molar-refractivity contribution in [2.45, 2.75) is 26.2 Å². The number of aliphatic imine (C=N–C) groups is 1. The van der Waals surface area contributed by atoms with Crippen LogP contribution in [0.5, 0.6) is 0 Å². The van der Waals surface area contributed by atoms with Crippen LogP contribution < -0.4 is 10.6 Å². The van der Waals surface area contributed by atoms with Crippen LogP contribution in [0.2, 0.25) is 0 Å². The smallest absolute Gasteiger partial charge is 0.224 e. The lowest BCUT2D eigenvalue weighted by molar-refractivity contribution is -0.120. The van der Waals surface area contributed by atoms with Crippen molar-refractivity contribution in [3.63, 3.8) is 0 Å². The molecule has 1 amide bonds. The zero-order chi connectivity index (χ0) is 18.5. The molecule has 0 spiro atoms. The van der Waals surface area contributed by atoms with Gasteiger partial charge in [0, 0.05) is 26.7 Å². The molecule has 0 aliphatic carbocycles. The number of rotatable bonds is 10. The summed E-state index contributed by atoms with van der Waals surface area (Å²) in [6, 6.07) is 5.96. The Bertz CT molecular complexity index is 563. The number of hydrogen-bond acceptors (Lipinski definition) is 2. The Morgan fingerprint density at radius 3 is 2.62 bits per heavy atom. The zero-order valence-corrected chi connectivity index (χ0v) is 18.0. The van der Waals surface area contributed by atoms with Gasteiger partial charge in [0.1, 0.15) is 5.82 Å². The highest BCUT2D eigenvalue weighted by molar-refractivity contribution is 14.0. The third-order valence-electron chi connectivity index (χ3n) is 3.57. The lowest BCUT2D eigenvalue weighted by Gasteiger charge is -2.21. The van der Waals surface area contributed by atoms with Gasteiger partial charge >= 0.3 is 0 Å². The van der Waals surface area contributed by atoms with Crippen molar-refractivity contribution < 1.29 is 9.18 Å². The Morgan fingerprint density at radius 1 is 1.31 bits per heavy atom. The van der Waals surface area contributed by atoms with Gasteiger partial charge in [-0.25, -0.2) is 4.39 Å². The van der Waals surface area contributed by atoms with Crippen LogP contribution in [0.1, 0.15) is 25.3 Å². The van der Waals surface area contributed by atoms with Gasteiger partial charge in [0.25, 0.3) is 0 Å². The predicted molar refractivity (Wildman–Crippen MR) is 117 cm³/mol. The molecular formula is C19H30FIN4O. The molecule has 26 heavy (non-hydrogen) atoms. The van der Waals surface area contributed by atoms with E-state index in [-0.39, 0.29) is 42.1 Å². The van der Waals surface area contributed by atoms with Crippen molar-refractivity contribution in [2.24, 2.45) is 4.99 Å². The average molecular weight is 476 g/mol. The molecule has 2 N–H and O–H groups in total. The number of unbranched alkanes of at least 4 members (excludes halogenated alkanes) is 1. The molecule has 0 aliphatic rings. The second-order valence-corrected chi connectivity index (χ2v) is 5.74.